The van der Waals surface area contributed by atoms with E-state index in [4.69, 9.17) is 20.9 Å². The maximum Gasteiger partial charge on any atom is 0.241 e. The number of piperazine rings is 1. The van der Waals surface area contributed by atoms with Crippen molar-refractivity contribution in [1.29, 1.82) is 0 Å². The molecule has 33 heavy (non-hydrogen) atoms. The average molecular weight is 469 g/mol. The fourth-order valence-corrected chi connectivity index (χ4v) is 3.81. The predicted molar refractivity (Wildman–Crippen MR) is 123 cm³/mol. The summed E-state index contributed by atoms with van der Waals surface area (Å²) in [5, 5.41) is 4.65. The lowest BCUT2D eigenvalue weighted by Gasteiger charge is -2.34. The molecule has 0 atom stereocenters. The SMILES string of the molecule is COc1ccc(-c2noc(CN3CCN(C(=O)CCC(=O)c4ccc(Cl)cc4)CC3)n2)cc1. The van der Waals surface area contributed by atoms with Gasteiger partial charge in [-0.1, -0.05) is 16.8 Å². The fraction of sp³-hybridized carbons (Fsp3) is 0.333. The maximum atomic E-state index is 12.5. The molecule has 2 aromatic carbocycles. The van der Waals surface area contributed by atoms with E-state index in [0.717, 1.165) is 11.3 Å². The molecule has 1 aliphatic heterocycles. The lowest BCUT2D eigenvalue weighted by molar-refractivity contribution is -0.133. The number of hydrogen-bond donors (Lipinski definition) is 0. The summed E-state index contributed by atoms with van der Waals surface area (Å²) in [4.78, 5) is 33.3. The van der Waals surface area contributed by atoms with Crippen LogP contribution < -0.4 is 4.74 Å². The minimum atomic E-state index is -0.0530. The van der Waals surface area contributed by atoms with Crippen LogP contribution in [0, 0.1) is 0 Å². The molecule has 0 unspecified atom stereocenters. The van der Waals surface area contributed by atoms with E-state index < -0.39 is 0 Å². The molecule has 8 nitrogen and oxygen atoms in total. The largest absolute Gasteiger partial charge is 0.497 e. The smallest absolute Gasteiger partial charge is 0.241 e. The first-order valence-electron chi connectivity index (χ1n) is 10.8. The van der Waals surface area contributed by atoms with E-state index in [-0.39, 0.29) is 24.5 Å². The molecule has 0 spiro atoms. The van der Waals surface area contributed by atoms with Gasteiger partial charge in [-0.2, -0.15) is 4.98 Å². The molecular weight excluding hydrogens is 444 g/mol. The van der Waals surface area contributed by atoms with Crippen molar-refractivity contribution in [3.05, 3.63) is 65.0 Å². The number of halogens is 1. The number of carbonyl (C=O) groups is 2. The highest BCUT2D eigenvalue weighted by atomic mass is 35.5. The summed E-state index contributed by atoms with van der Waals surface area (Å²) in [6.07, 6.45) is 0.396. The Morgan fingerprint density at radius 1 is 1.00 bits per heavy atom. The number of rotatable bonds is 8. The van der Waals surface area contributed by atoms with Crippen LogP contribution in [0.3, 0.4) is 0 Å². The lowest BCUT2D eigenvalue weighted by atomic mass is 10.1. The third-order valence-corrected chi connectivity index (χ3v) is 5.88. The molecule has 3 aromatic rings. The van der Waals surface area contributed by atoms with Crippen LogP contribution in [0.1, 0.15) is 29.1 Å². The number of hydrogen-bond acceptors (Lipinski definition) is 7. The maximum absolute atomic E-state index is 12.5. The quantitative estimate of drug-likeness (QED) is 0.465. The second kappa shape index (κ2) is 10.6. The van der Waals surface area contributed by atoms with Crippen molar-refractivity contribution in [2.24, 2.45) is 0 Å². The van der Waals surface area contributed by atoms with Crippen molar-refractivity contribution >= 4 is 23.3 Å². The number of carbonyl (C=O) groups excluding carboxylic acids is 2. The van der Waals surface area contributed by atoms with E-state index in [9.17, 15) is 9.59 Å². The Morgan fingerprint density at radius 3 is 2.36 bits per heavy atom. The minimum Gasteiger partial charge on any atom is -0.497 e. The Kier molecular flexibility index (Phi) is 7.36. The molecular formula is C24H25ClN4O4. The predicted octanol–water partition coefficient (Wildman–Crippen LogP) is 3.71. The van der Waals surface area contributed by atoms with Crippen LogP contribution in [0.15, 0.2) is 53.1 Å². The Balaban J connectivity index is 1.22. The van der Waals surface area contributed by atoms with Gasteiger partial charge in [0.2, 0.25) is 17.6 Å². The van der Waals surface area contributed by atoms with Crippen LogP contribution in [0.25, 0.3) is 11.4 Å². The van der Waals surface area contributed by atoms with Gasteiger partial charge in [0, 0.05) is 55.2 Å². The number of methoxy groups -OCH3 is 1. The van der Waals surface area contributed by atoms with E-state index in [1.807, 2.05) is 29.2 Å². The van der Waals surface area contributed by atoms with Crippen molar-refractivity contribution in [3.63, 3.8) is 0 Å². The standard InChI is InChI=1S/C24H25ClN4O4/c1-32-20-8-4-18(5-9-20)24-26-22(33-27-24)16-28-12-14-29(15-13-28)23(31)11-10-21(30)17-2-6-19(25)7-3-17/h2-9H,10-16H2,1H3. The molecule has 1 saturated heterocycles. The molecule has 0 radical (unpaired) electrons. The summed E-state index contributed by atoms with van der Waals surface area (Å²) >= 11 is 5.85. The first-order valence-corrected chi connectivity index (χ1v) is 11.2. The Morgan fingerprint density at radius 2 is 1.70 bits per heavy atom. The van der Waals surface area contributed by atoms with Crippen LogP contribution in [0.2, 0.25) is 5.02 Å². The van der Waals surface area contributed by atoms with Gasteiger partial charge in [-0.15, -0.1) is 0 Å². The van der Waals surface area contributed by atoms with Crippen molar-refractivity contribution in [3.8, 4) is 17.1 Å². The number of ether oxygens (including phenoxy) is 1. The van der Waals surface area contributed by atoms with Crippen molar-refractivity contribution in [2.75, 3.05) is 33.3 Å². The number of ketones is 1. The zero-order valence-electron chi connectivity index (χ0n) is 18.4. The van der Waals surface area contributed by atoms with Gasteiger partial charge < -0.3 is 14.2 Å². The minimum absolute atomic E-state index is 0.00320. The highest BCUT2D eigenvalue weighted by Gasteiger charge is 2.23. The topological polar surface area (TPSA) is 88.8 Å². The summed E-state index contributed by atoms with van der Waals surface area (Å²) in [6.45, 7) is 3.15. The molecule has 1 aliphatic rings. The molecule has 2 heterocycles. The molecule has 1 aromatic heterocycles. The lowest BCUT2D eigenvalue weighted by Crippen LogP contribution is -2.48. The number of Topliss-reactive ketones (excluding diaryl/α,β-unsaturated/α-hetero) is 1. The molecule has 9 heteroatoms. The third kappa shape index (κ3) is 5.97. The molecule has 0 bridgehead atoms. The van der Waals surface area contributed by atoms with E-state index >= 15 is 0 Å². The fourth-order valence-electron chi connectivity index (χ4n) is 3.68. The summed E-state index contributed by atoms with van der Waals surface area (Å²) in [7, 11) is 1.62. The molecule has 0 saturated carbocycles. The average Bonchev–Trinajstić information content (AvgIpc) is 3.31. The zero-order chi connectivity index (χ0) is 23.2. The van der Waals surface area contributed by atoms with Gasteiger partial charge in [0.25, 0.3) is 0 Å². The highest BCUT2D eigenvalue weighted by molar-refractivity contribution is 6.30. The second-order valence-corrected chi connectivity index (χ2v) is 8.26. The molecule has 172 valence electrons. The summed E-state index contributed by atoms with van der Waals surface area (Å²) in [6, 6.07) is 14.2. The van der Waals surface area contributed by atoms with Crippen LogP contribution in [-0.2, 0) is 11.3 Å². The third-order valence-electron chi connectivity index (χ3n) is 5.63. The molecule has 0 aliphatic carbocycles. The number of amides is 1. The molecule has 0 N–H and O–H groups in total. The van der Waals surface area contributed by atoms with Gasteiger partial charge in [-0.05, 0) is 48.5 Å². The summed E-state index contributed by atoms with van der Waals surface area (Å²) in [5.74, 6) is 1.78. The van der Waals surface area contributed by atoms with Crippen LogP contribution in [-0.4, -0.2) is 64.9 Å². The summed E-state index contributed by atoms with van der Waals surface area (Å²) in [5.41, 5.74) is 1.43. The molecule has 1 amide bonds. The molecule has 4 rings (SSSR count). The van der Waals surface area contributed by atoms with E-state index in [1.54, 1.807) is 31.4 Å². The van der Waals surface area contributed by atoms with Gasteiger partial charge in [-0.3, -0.25) is 14.5 Å². The number of nitrogens with zero attached hydrogens (tertiary/aromatic N) is 4. The first kappa shape index (κ1) is 22.9. The van der Waals surface area contributed by atoms with Crippen LogP contribution >= 0.6 is 11.6 Å². The van der Waals surface area contributed by atoms with Crippen LogP contribution in [0.4, 0.5) is 0 Å². The summed E-state index contributed by atoms with van der Waals surface area (Å²) < 4.78 is 10.6. The second-order valence-electron chi connectivity index (χ2n) is 7.83. The van der Waals surface area contributed by atoms with Crippen molar-refractivity contribution in [1.82, 2.24) is 19.9 Å². The Bertz CT molecular complexity index is 1090. The van der Waals surface area contributed by atoms with Crippen molar-refractivity contribution < 1.29 is 18.8 Å². The van der Waals surface area contributed by atoms with Gasteiger partial charge >= 0.3 is 0 Å². The van der Waals surface area contributed by atoms with E-state index in [0.29, 0.717) is 55.0 Å². The number of benzene rings is 2. The van der Waals surface area contributed by atoms with Crippen LogP contribution in [0.5, 0.6) is 5.75 Å². The monoisotopic (exact) mass is 468 g/mol. The Labute approximate surface area is 197 Å². The van der Waals surface area contributed by atoms with Gasteiger partial charge in [0.05, 0.1) is 13.7 Å². The van der Waals surface area contributed by atoms with Gasteiger partial charge in [-0.25, -0.2) is 0 Å². The zero-order valence-corrected chi connectivity index (χ0v) is 19.1. The highest BCUT2D eigenvalue weighted by Crippen LogP contribution is 2.20. The first-order chi connectivity index (χ1) is 16.0. The van der Waals surface area contributed by atoms with E-state index in [2.05, 4.69) is 15.0 Å². The van der Waals surface area contributed by atoms with Crippen molar-refractivity contribution in [2.45, 2.75) is 19.4 Å². The molecule has 1 fully saturated rings. The van der Waals surface area contributed by atoms with Gasteiger partial charge in [0.15, 0.2) is 5.78 Å². The Hall–Kier alpha value is -3.23. The van der Waals surface area contributed by atoms with Gasteiger partial charge in [0.1, 0.15) is 5.75 Å². The van der Waals surface area contributed by atoms with E-state index in [1.165, 1.54) is 0 Å². The number of aromatic nitrogens is 2. The normalized spacial score (nSPS) is 14.3.